The molecule has 0 aliphatic rings. The predicted octanol–water partition coefficient (Wildman–Crippen LogP) is 18.5. The van der Waals surface area contributed by atoms with Gasteiger partial charge in [-0.2, -0.15) is 26.3 Å². The third kappa shape index (κ3) is 6.47. The fourth-order valence-corrected chi connectivity index (χ4v) is 10.2. The molecule has 6 heteroatoms. The Labute approximate surface area is 374 Å². The van der Waals surface area contributed by atoms with E-state index in [9.17, 15) is 0 Å². The summed E-state index contributed by atoms with van der Waals surface area (Å²) in [5, 5.41) is 11.9. The van der Waals surface area contributed by atoms with Gasteiger partial charge in [0.2, 0.25) is 0 Å². The predicted molar refractivity (Wildman–Crippen MR) is 261 cm³/mol. The fraction of sp³-hybridized carbons (Fsp3) is 0.0333. The van der Waals surface area contributed by atoms with Crippen LogP contribution in [0.3, 0.4) is 0 Å². The molecule has 0 heterocycles. The van der Waals surface area contributed by atoms with E-state index in [1.54, 1.807) is 0 Å². The van der Waals surface area contributed by atoms with Crippen molar-refractivity contribution >= 4 is 75.4 Å². The van der Waals surface area contributed by atoms with Crippen molar-refractivity contribution in [2.75, 3.05) is 0 Å². The minimum absolute atomic E-state index is 0.397. The number of hydrogen-bond donors (Lipinski definition) is 0. The zero-order chi connectivity index (χ0) is 44.9. The Balaban J connectivity index is 1.12. The summed E-state index contributed by atoms with van der Waals surface area (Å²) in [5.41, 5.74) is 2.73. The van der Waals surface area contributed by atoms with Crippen molar-refractivity contribution in [2.45, 2.75) is 12.4 Å². The Morgan fingerprint density at radius 3 is 0.758 bits per heavy atom. The number of benzene rings is 12. The zero-order valence-corrected chi connectivity index (χ0v) is 34.9. The maximum Gasteiger partial charge on any atom is 0.416 e. The first-order valence-corrected chi connectivity index (χ1v) is 21.6. The minimum atomic E-state index is -4.64. The number of alkyl halides is 6. The summed E-state index contributed by atoms with van der Waals surface area (Å²) in [7, 11) is 0. The summed E-state index contributed by atoms with van der Waals surface area (Å²) in [6.07, 6.45) is -9.29. The molecule has 0 amide bonds. The number of halogens is 6. The Hall–Kier alpha value is -7.96. The van der Waals surface area contributed by atoms with Crippen LogP contribution < -0.4 is 0 Å². The van der Waals surface area contributed by atoms with E-state index in [4.69, 9.17) is 0 Å². The Kier molecular flexibility index (Phi) is 8.88. The minimum Gasteiger partial charge on any atom is -0.166 e. The number of fused-ring (bicyclic) bond motifs is 11. The molecule has 0 unspecified atom stereocenters. The van der Waals surface area contributed by atoms with Crippen molar-refractivity contribution in [3.63, 3.8) is 0 Å². The average molecular weight is 869 g/mol. The van der Waals surface area contributed by atoms with Crippen LogP contribution in [-0.2, 0) is 12.4 Å². The van der Waals surface area contributed by atoms with E-state index in [1.807, 2.05) is 182 Å². The third-order valence-electron chi connectivity index (χ3n) is 13.2. The third-order valence-corrected chi connectivity index (χ3v) is 13.2. The van der Waals surface area contributed by atoms with E-state index in [0.29, 0.717) is 55.3 Å². The fourth-order valence-electron chi connectivity index (χ4n) is 10.2. The maximum absolute atomic E-state index is 15.0. The summed E-state index contributed by atoms with van der Waals surface area (Å²) in [6, 6.07) is 62.9. The summed E-state index contributed by atoms with van der Waals surface area (Å²) in [6.45, 7) is 0. The van der Waals surface area contributed by atoms with Gasteiger partial charge in [0.25, 0.3) is 0 Å². The number of rotatable bonds is 4. The normalized spacial score (nSPS) is 12.4. The molecular formula is C60H34F6. The lowest BCUT2D eigenvalue weighted by molar-refractivity contribution is -0.138. The molecule has 0 aromatic heterocycles. The average Bonchev–Trinajstić information content (AvgIpc) is 3.34. The first-order valence-electron chi connectivity index (χ1n) is 21.6. The van der Waals surface area contributed by atoms with E-state index in [-0.39, 0.29) is 0 Å². The standard InChI is InChI=1S/C60H34F6/c61-59(62,63)41-27-37(53-31-35-13-1-3-15-43(35)45-17-5-7-19-47(45)53)25-39(29-41)55-33-57-52-24-12-10-22-50(52)56(34-58(57)51-23-11-9-21-49(51)55)40-26-38(28-42(30-40)60(64,65)66)54-32-36-14-2-4-16-44(36)46-18-6-8-20-48(46)54/h1-34H. The van der Waals surface area contributed by atoms with Gasteiger partial charge in [0.05, 0.1) is 11.1 Å². The maximum atomic E-state index is 15.0. The topological polar surface area (TPSA) is 0 Å². The number of hydrogen-bond acceptors (Lipinski definition) is 0. The van der Waals surface area contributed by atoms with Crippen molar-refractivity contribution in [2.24, 2.45) is 0 Å². The second-order valence-corrected chi connectivity index (χ2v) is 17.0. The second kappa shape index (κ2) is 14.8. The van der Waals surface area contributed by atoms with Crippen LogP contribution in [0.25, 0.3) is 120 Å². The van der Waals surface area contributed by atoms with E-state index in [1.165, 1.54) is 24.3 Å². The molecule has 0 atom stereocenters. The van der Waals surface area contributed by atoms with Gasteiger partial charge in [-0.05, 0) is 181 Å². The van der Waals surface area contributed by atoms with Crippen LogP contribution in [0.5, 0.6) is 0 Å². The largest absolute Gasteiger partial charge is 0.416 e. The SMILES string of the molecule is FC(F)(F)c1cc(-c2cc3ccccc3c3ccccc23)cc(-c2cc3c4ccccc4c(-c4cc(-c5cc6ccccc6c6ccccc56)cc(C(F)(F)F)c4)cc3c3ccccc23)c1. The van der Waals surface area contributed by atoms with E-state index < -0.39 is 23.5 Å². The van der Waals surface area contributed by atoms with Gasteiger partial charge >= 0.3 is 12.4 Å². The molecule has 0 aliphatic heterocycles. The molecule has 12 rings (SSSR count). The molecule has 0 aliphatic carbocycles. The quantitative estimate of drug-likeness (QED) is 0.122. The molecule has 0 bridgehead atoms. The highest BCUT2D eigenvalue weighted by atomic mass is 19.4. The monoisotopic (exact) mass is 868 g/mol. The highest BCUT2D eigenvalue weighted by molar-refractivity contribution is 6.24. The Morgan fingerprint density at radius 2 is 0.455 bits per heavy atom. The Morgan fingerprint density at radius 1 is 0.212 bits per heavy atom. The smallest absolute Gasteiger partial charge is 0.166 e. The van der Waals surface area contributed by atoms with Crippen LogP contribution in [0.4, 0.5) is 26.3 Å². The van der Waals surface area contributed by atoms with Gasteiger partial charge in [0.15, 0.2) is 0 Å². The summed E-state index contributed by atoms with van der Waals surface area (Å²) in [4.78, 5) is 0. The van der Waals surface area contributed by atoms with Gasteiger partial charge in [-0.3, -0.25) is 0 Å². The highest BCUT2D eigenvalue weighted by Crippen LogP contribution is 2.47. The molecule has 66 heavy (non-hydrogen) atoms. The molecule has 0 nitrogen and oxygen atoms in total. The van der Waals surface area contributed by atoms with Crippen LogP contribution in [0, 0.1) is 0 Å². The van der Waals surface area contributed by atoms with Gasteiger partial charge in [-0.25, -0.2) is 0 Å². The first kappa shape index (κ1) is 39.6. The second-order valence-electron chi connectivity index (χ2n) is 17.0. The summed E-state index contributed by atoms with van der Waals surface area (Å²) in [5.74, 6) is 0. The molecule has 12 aromatic rings. The molecule has 0 saturated heterocycles. The lowest BCUT2D eigenvalue weighted by Gasteiger charge is -2.19. The molecule has 316 valence electrons. The molecule has 0 N–H and O–H groups in total. The van der Waals surface area contributed by atoms with Crippen molar-refractivity contribution in [3.8, 4) is 44.5 Å². The molecule has 0 radical (unpaired) electrons. The van der Waals surface area contributed by atoms with Gasteiger partial charge in [-0.1, -0.05) is 146 Å². The van der Waals surface area contributed by atoms with Gasteiger partial charge in [0.1, 0.15) is 0 Å². The lowest BCUT2D eigenvalue weighted by Crippen LogP contribution is -2.05. The van der Waals surface area contributed by atoms with Crippen molar-refractivity contribution < 1.29 is 26.3 Å². The van der Waals surface area contributed by atoms with E-state index in [0.717, 1.165) is 64.6 Å². The van der Waals surface area contributed by atoms with Crippen LogP contribution >= 0.6 is 0 Å². The van der Waals surface area contributed by atoms with Gasteiger partial charge < -0.3 is 0 Å². The molecular weight excluding hydrogens is 835 g/mol. The van der Waals surface area contributed by atoms with Crippen molar-refractivity contribution in [3.05, 3.63) is 217 Å². The summed E-state index contributed by atoms with van der Waals surface area (Å²) >= 11 is 0. The van der Waals surface area contributed by atoms with Crippen LogP contribution in [0.1, 0.15) is 11.1 Å². The lowest BCUT2D eigenvalue weighted by atomic mass is 9.85. The first-order chi connectivity index (χ1) is 32.0. The van der Waals surface area contributed by atoms with Crippen molar-refractivity contribution in [1.82, 2.24) is 0 Å². The van der Waals surface area contributed by atoms with Crippen molar-refractivity contribution in [1.29, 1.82) is 0 Å². The van der Waals surface area contributed by atoms with Crippen LogP contribution in [-0.4, -0.2) is 0 Å². The Bertz CT molecular complexity index is 3710. The van der Waals surface area contributed by atoms with Gasteiger partial charge in [0, 0.05) is 0 Å². The van der Waals surface area contributed by atoms with Crippen LogP contribution in [0.15, 0.2) is 206 Å². The zero-order valence-electron chi connectivity index (χ0n) is 34.9. The summed E-state index contributed by atoms with van der Waals surface area (Å²) < 4.78 is 90.2. The van der Waals surface area contributed by atoms with E-state index >= 15 is 26.3 Å². The van der Waals surface area contributed by atoms with Crippen LogP contribution in [0.2, 0.25) is 0 Å². The molecule has 0 saturated carbocycles. The molecule has 12 aromatic carbocycles. The van der Waals surface area contributed by atoms with E-state index in [2.05, 4.69) is 0 Å². The highest BCUT2D eigenvalue weighted by Gasteiger charge is 2.33. The van der Waals surface area contributed by atoms with Gasteiger partial charge in [-0.15, -0.1) is 0 Å². The molecule has 0 fully saturated rings. The molecule has 0 spiro atoms.